The summed E-state index contributed by atoms with van der Waals surface area (Å²) in [7, 11) is 2.08. The smallest absolute Gasteiger partial charge is 0.271 e. The first-order valence-electron chi connectivity index (χ1n) is 8.85. The zero-order chi connectivity index (χ0) is 17.3. The molecule has 2 heterocycles. The first kappa shape index (κ1) is 16.1. The summed E-state index contributed by atoms with van der Waals surface area (Å²) in [4.78, 5) is 14.7. The van der Waals surface area contributed by atoms with E-state index in [1.807, 2.05) is 41.1 Å². The molecule has 0 unspecified atom stereocenters. The van der Waals surface area contributed by atoms with Crippen LogP contribution in [0.1, 0.15) is 29.0 Å². The van der Waals surface area contributed by atoms with Crippen LogP contribution in [0.2, 0.25) is 0 Å². The molecule has 2 aromatic rings. The molecule has 4 rings (SSSR count). The van der Waals surface area contributed by atoms with Crippen LogP contribution in [0.4, 0.5) is 0 Å². The Morgan fingerprint density at radius 3 is 2.84 bits per heavy atom. The van der Waals surface area contributed by atoms with Crippen molar-refractivity contribution in [3.63, 3.8) is 0 Å². The van der Waals surface area contributed by atoms with Crippen LogP contribution in [-0.2, 0) is 13.1 Å². The van der Waals surface area contributed by atoms with E-state index in [0.717, 1.165) is 43.9 Å². The summed E-state index contributed by atoms with van der Waals surface area (Å²) in [6.07, 6.45) is 2.18. The van der Waals surface area contributed by atoms with Gasteiger partial charge in [-0.25, -0.2) is 0 Å². The highest BCUT2D eigenvalue weighted by atomic mass is 16.5. The number of nitrogens with zero attached hydrogens (tertiary/aromatic N) is 3. The SMILES string of the molecule is CN1CCn2nc(C(=O)NCC3(COc4ccccc4)CC3)cc2C1. The quantitative estimate of drug-likeness (QED) is 0.873. The summed E-state index contributed by atoms with van der Waals surface area (Å²) in [5, 5.41) is 7.50. The number of carbonyl (C=O) groups excluding carboxylic acids is 1. The van der Waals surface area contributed by atoms with Gasteiger partial charge in [-0.1, -0.05) is 18.2 Å². The number of hydrogen-bond donors (Lipinski definition) is 1. The summed E-state index contributed by atoms with van der Waals surface area (Å²) in [6.45, 7) is 3.93. The minimum atomic E-state index is -0.0875. The number of amides is 1. The molecule has 1 fully saturated rings. The lowest BCUT2D eigenvalue weighted by Crippen LogP contribution is -2.33. The molecular formula is C19H24N4O2. The molecule has 1 aromatic carbocycles. The summed E-state index contributed by atoms with van der Waals surface area (Å²) in [5.41, 5.74) is 1.70. The lowest BCUT2D eigenvalue weighted by atomic mass is 10.1. The third kappa shape index (κ3) is 3.69. The predicted octanol–water partition coefficient (Wildman–Crippen LogP) is 1.92. The third-order valence-corrected chi connectivity index (χ3v) is 5.09. The van der Waals surface area contributed by atoms with E-state index in [9.17, 15) is 4.79 Å². The van der Waals surface area contributed by atoms with Crippen molar-refractivity contribution >= 4 is 5.91 Å². The Morgan fingerprint density at radius 2 is 2.08 bits per heavy atom. The standard InChI is InChI=1S/C19H24N4O2/c1-22-9-10-23-15(12-22)11-17(21-23)18(24)20-13-19(7-8-19)14-25-16-5-3-2-4-6-16/h2-6,11H,7-10,12-14H2,1H3,(H,20,24). The molecule has 132 valence electrons. The van der Waals surface area contributed by atoms with E-state index in [2.05, 4.69) is 22.4 Å². The van der Waals surface area contributed by atoms with Crippen molar-refractivity contribution < 1.29 is 9.53 Å². The van der Waals surface area contributed by atoms with E-state index in [4.69, 9.17) is 4.74 Å². The van der Waals surface area contributed by atoms with Gasteiger partial charge in [-0.2, -0.15) is 5.10 Å². The Bertz CT molecular complexity index is 752. The fourth-order valence-electron chi connectivity index (χ4n) is 3.17. The number of nitrogens with one attached hydrogen (secondary N) is 1. The number of carbonyl (C=O) groups is 1. The Morgan fingerprint density at radius 1 is 1.28 bits per heavy atom. The van der Waals surface area contributed by atoms with Crippen molar-refractivity contribution in [1.29, 1.82) is 0 Å². The highest BCUT2D eigenvalue weighted by Gasteiger charge is 2.44. The largest absolute Gasteiger partial charge is 0.493 e. The monoisotopic (exact) mass is 340 g/mol. The van der Waals surface area contributed by atoms with Crippen molar-refractivity contribution in [3.8, 4) is 5.75 Å². The van der Waals surface area contributed by atoms with Gasteiger partial charge >= 0.3 is 0 Å². The molecule has 1 N–H and O–H groups in total. The van der Waals surface area contributed by atoms with E-state index in [1.165, 1.54) is 0 Å². The van der Waals surface area contributed by atoms with Crippen LogP contribution < -0.4 is 10.1 Å². The highest BCUT2D eigenvalue weighted by molar-refractivity contribution is 5.92. The second kappa shape index (κ2) is 6.52. The van der Waals surface area contributed by atoms with Crippen LogP contribution in [-0.4, -0.2) is 47.3 Å². The van der Waals surface area contributed by atoms with Crippen LogP contribution in [0.3, 0.4) is 0 Å². The van der Waals surface area contributed by atoms with Crippen molar-refractivity contribution in [1.82, 2.24) is 20.0 Å². The van der Waals surface area contributed by atoms with Gasteiger partial charge < -0.3 is 10.1 Å². The highest BCUT2D eigenvalue weighted by Crippen LogP contribution is 2.45. The molecule has 1 saturated carbocycles. The van der Waals surface area contributed by atoms with Crippen molar-refractivity contribution in [2.45, 2.75) is 25.9 Å². The fraction of sp³-hybridized carbons (Fsp3) is 0.474. The number of rotatable bonds is 6. The molecule has 25 heavy (non-hydrogen) atoms. The zero-order valence-electron chi connectivity index (χ0n) is 14.6. The summed E-state index contributed by atoms with van der Waals surface area (Å²) < 4.78 is 7.82. The number of aromatic nitrogens is 2. The summed E-state index contributed by atoms with van der Waals surface area (Å²) >= 11 is 0. The maximum absolute atomic E-state index is 12.5. The number of fused-ring (bicyclic) bond motifs is 1. The minimum absolute atomic E-state index is 0.0745. The summed E-state index contributed by atoms with van der Waals surface area (Å²) in [5.74, 6) is 0.793. The van der Waals surface area contributed by atoms with Crippen LogP contribution in [0, 0.1) is 5.41 Å². The molecule has 1 aromatic heterocycles. The third-order valence-electron chi connectivity index (χ3n) is 5.09. The van der Waals surface area contributed by atoms with Crippen LogP contribution >= 0.6 is 0 Å². The van der Waals surface area contributed by atoms with E-state index < -0.39 is 0 Å². The maximum Gasteiger partial charge on any atom is 0.271 e. The van der Waals surface area contributed by atoms with Gasteiger partial charge in [0.15, 0.2) is 0 Å². The molecule has 6 heteroatoms. The summed E-state index contributed by atoms with van der Waals surface area (Å²) in [6, 6.07) is 11.7. The minimum Gasteiger partial charge on any atom is -0.493 e. The van der Waals surface area contributed by atoms with Gasteiger partial charge in [-0.05, 0) is 38.1 Å². The lowest BCUT2D eigenvalue weighted by molar-refractivity contribution is 0.0931. The van der Waals surface area contributed by atoms with Crippen molar-refractivity contribution in [3.05, 3.63) is 47.8 Å². The molecule has 0 radical (unpaired) electrons. The van der Waals surface area contributed by atoms with Gasteiger partial charge in [-0.15, -0.1) is 0 Å². The molecule has 1 aliphatic heterocycles. The first-order chi connectivity index (χ1) is 12.1. The van der Waals surface area contributed by atoms with Gasteiger partial charge in [0.05, 0.1) is 18.8 Å². The van der Waals surface area contributed by atoms with Crippen LogP contribution in [0.5, 0.6) is 5.75 Å². The second-order valence-corrected chi connectivity index (χ2v) is 7.27. The van der Waals surface area contributed by atoms with E-state index in [0.29, 0.717) is 18.8 Å². The molecule has 0 spiro atoms. The molecule has 1 amide bonds. The maximum atomic E-state index is 12.5. The van der Waals surface area contributed by atoms with Gasteiger partial charge in [0.2, 0.25) is 0 Å². The van der Waals surface area contributed by atoms with Gasteiger partial charge in [0.1, 0.15) is 11.4 Å². The zero-order valence-corrected chi connectivity index (χ0v) is 14.6. The normalized spacial score (nSPS) is 18.4. The lowest BCUT2D eigenvalue weighted by Gasteiger charge is -2.22. The van der Waals surface area contributed by atoms with E-state index >= 15 is 0 Å². The average molecular weight is 340 g/mol. The molecule has 0 bridgehead atoms. The molecule has 2 aliphatic rings. The average Bonchev–Trinajstić information content (AvgIpc) is 3.28. The number of likely N-dealkylation sites (N-methyl/N-ethyl adjacent to an activating group) is 1. The molecule has 6 nitrogen and oxygen atoms in total. The Hall–Kier alpha value is -2.34. The Balaban J connectivity index is 1.31. The number of hydrogen-bond acceptors (Lipinski definition) is 4. The topological polar surface area (TPSA) is 59.4 Å². The van der Waals surface area contributed by atoms with E-state index in [-0.39, 0.29) is 11.3 Å². The fourth-order valence-corrected chi connectivity index (χ4v) is 3.17. The first-order valence-corrected chi connectivity index (χ1v) is 8.85. The van der Waals surface area contributed by atoms with Gasteiger partial charge in [0.25, 0.3) is 5.91 Å². The second-order valence-electron chi connectivity index (χ2n) is 7.27. The number of benzene rings is 1. The van der Waals surface area contributed by atoms with Crippen LogP contribution in [0.15, 0.2) is 36.4 Å². The van der Waals surface area contributed by atoms with Crippen molar-refractivity contribution in [2.24, 2.45) is 5.41 Å². The van der Waals surface area contributed by atoms with Crippen LogP contribution in [0.25, 0.3) is 0 Å². The molecular weight excluding hydrogens is 316 g/mol. The van der Waals surface area contributed by atoms with E-state index in [1.54, 1.807) is 0 Å². The molecule has 1 aliphatic carbocycles. The number of ether oxygens (including phenoxy) is 1. The Kier molecular flexibility index (Phi) is 4.21. The molecule has 0 saturated heterocycles. The molecule has 0 atom stereocenters. The predicted molar refractivity (Wildman–Crippen MR) is 94.5 cm³/mol. The van der Waals surface area contributed by atoms with Gasteiger partial charge in [-0.3, -0.25) is 14.4 Å². The number of para-hydroxylation sites is 1. The van der Waals surface area contributed by atoms with Crippen molar-refractivity contribution in [2.75, 3.05) is 26.7 Å². The van der Waals surface area contributed by atoms with Gasteiger partial charge in [0, 0.05) is 25.0 Å². The Labute approximate surface area is 147 Å².